The lowest BCUT2D eigenvalue weighted by molar-refractivity contribution is 0.490. The molecular formula is C15H13Br2NOS. The highest BCUT2D eigenvalue weighted by atomic mass is 79.9. The number of hydrogen-bond donors (Lipinski definition) is 1. The van der Waals surface area contributed by atoms with E-state index in [1.54, 1.807) is 11.3 Å². The van der Waals surface area contributed by atoms with Crippen molar-refractivity contribution in [1.82, 2.24) is 5.32 Å². The van der Waals surface area contributed by atoms with Crippen molar-refractivity contribution in [2.45, 2.75) is 13.0 Å². The van der Waals surface area contributed by atoms with E-state index in [1.165, 1.54) is 5.56 Å². The molecule has 1 atom stereocenters. The zero-order valence-corrected chi connectivity index (χ0v) is 15.0. The molecule has 1 aromatic carbocycles. The molecule has 20 heavy (non-hydrogen) atoms. The SMILES string of the molecule is CNC(c1cc2cccc(C)c2o1)c1cc(Br)sc1Br. The van der Waals surface area contributed by atoms with Gasteiger partial charge in [0, 0.05) is 10.9 Å². The van der Waals surface area contributed by atoms with Crippen molar-refractivity contribution < 1.29 is 4.42 Å². The minimum absolute atomic E-state index is 0.0405. The number of benzene rings is 1. The van der Waals surface area contributed by atoms with E-state index in [0.29, 0.717) is 0 Å². The van der Waals surface area contributed by atoms with Gasteiger partial charge in [-0.3, -0.25) is 0 Å². The smallest absolute Gasteiger partial charge is 0.137 e. The van der Waals surface area contributed by atoms with Crippen LogP contribution in [0.15, 0.2) is 42.3 Å². The second-order valence-corrected chi connectivity index (χ2v) is 8.39. The molecule has 104 valence electrons. The van der Waals surface area contributed by atoms with Crippen LogP contribution in [-0.4, -0.2) is 7.05 Å². The summed E-state index contributed by atoms with van der Waals surface area (Å²) < 4.78 is 8.29. The van der Waals surface area contributed by atoms with Crippen LogP contribution in [-0.2, 0) is 0 Å². The van der Waals surface area contributed by atoms with E-state index in [1.807, 2.05) is 7.05 Å². The highest BCUT2D eigenvalue weighted by Crippen LogP contribution is 2.39. The maximum absolute atomic E-state index is 6.08. The van der Waals surface area contributed by atoms with Crippen molar-refractivity contribution >= 4 is 54.2 Å². The van der Waals surface area contributed by atoms with E-state index < -0.39 is 0 Å². The summed E-state index contributed by atoms with van der Waals surface area (Å²) in [5.74, 6) is 0.933. The van der Waals surface area contributed by atoms with Gasteiger partial charge in [0.15, 0.2) is 0 Å². The molecule has 0 radical (unpaired) electrons. The van der Waals surface area contributed by atoms with Crippen LogP contribution < -0.4 is 5.32 Å². The molecule has 2 heterocycles. The number of thiophene rings is 1. The summed E-state index contributed by atoms with van der Waals surface area (Å²) in [6, 6.07) is 10.5. The van der Waals surface area contributed by atoms with Crippen molar-refractivity contribution in [3.05, 3.63) is 54.8 Å². The van der Waals surface area contributed by atoms with Crippen LogP contribution in [0.3, 0.4) is 0 Å². The van der Waals surface area contributed by atoms with Gasteiger partial charge in [0.25, 0.3) is 0 Å². The van der Waals surface area contributed by atoms with Gasteiger partial charge in [0.1, 0.15) is 11.3 Å². The molecule has 1 unspecified atom stereocenters. The van der Waals surface area contributed by atoms with Gasteiger partial charge >= 0.3 is 0 Å². The minimum atomic E-state index is 0.0405. The molecule has 3 rings (SSSR count). The van der Waals surface area contributed by atoms with Crippen LogP contribution in [0, 0.1) is 6.92 Å². The number of fused-ring (bicyclic) bond motifs is 1. The average Bonchev–Trinajstić information content (AvgIpc) is 2.96. The standard InChI is InChI=1S/C15H13Br2NOS/c1-8-4-3-5-9-6-11(19-14(8)9)13(18-2)10-7-12(16)20-15(10)17/h3-7,13,18H,1-2H3. The quantitative estimate of drug-likeness (QED) is 0.600. The van der Waals surface area contributed by atoms with Crippen LogP contribution in [0.4, 0.5) is 0 Å². The number of aryl methyl sites for hydroxylation is 1. The monoisotopic (exact) mass is 413 g/mol. The maximum Gasteiger partial charge on any atom is 0.137 e. The first kappa shape index (κ1) is 14.3. The molecule has 1 N–H and O–H groups in total. The van der Waals surface area contributed by atoms with Gasteiger partial charge in [0.2, 0.25) is 0 Å². The first-order valence-electron chi connectivity index (χ1n) is 6.21. The molecule has 2 aromatic heterocycles. The number of nitrogens with one attached hydrogen (secondary N) is 1. The maximum atomic E-state index is 6.08. The van der Waals surface area contributed by atoms with Crippen LogP contribution in [0.5, 0.6) is 0 Å². The molecule has 0 aliphatic rings. The van der Waals surface area contributed by atoms with Gasteiger partial charge in [-0.25, -0.2) is 0 Å². The zero-order chi connectivity index (χ0) is 14.3. The molecule has 0 saturated heterocycles. The molecule has 0 aliphatic heterocycles. The first-order chi connectivity index (χ1) is 9.60. The predicted octanol–water partition coefficient (Wildman–Crippen LogP) is 5.64. The summed E-state index contributed by atoms with van der Waals surface area (Å²) in [7, 11) is 1.95. The van der Waals surface area contributed by atoms with E-state index in [-0.39, 0.29) is 6.04 Å². The lowest BCUT2D eigenvalue weighted by Gasteiger charge is -2.12. The van der Waals surface area contributed by atoms with Crippen LogP contribution in [0.2, 0.25) is 0 Å². The molecule has 2 nitrogen and oxygen atoms in total. The molecule has 0 amide bonds. The summed E-state index contributed by atoms with van der Waals surface area (Å²) in [6.07, 6.45) is 0. The van der Waals surface area contributed by atoms with E-state index >= 15 is 0 Å². The Morgan fingerprint density at radius 1 is 1.25 bits per heavy atom. The Kier molecular flexibility index (Phi) is 4.04. The summed E-state index contributed by atoms with van der Waals surface area (Å²) in [4.78, 5) is 0. The van der Waals surface area contributed by atoms with Crippen molar-refractivity contribution in [2.75, 3.05) is 7.05 Å². The van der Waals surface area contributed by atoms with E-state index in [0.717, 1.165) is 29.9 Å². The molecule has 0 bridgehead atoms. The average molecular weight is 415 g/mol. The highest BCUT2D eigenvalue weighted by molar-refractivity contribution is 9.12. The zero-order valence-electron chi connectivity index (χ0n) is 11.0. The Hall–Kier alpha value is -0.620. The first-order valence-corrected chi connectivity index (χ1v) is 8.61. The van der Waals surface area contributed by atoms with Crippen LogP contribution >= 0.6 is 43.2 Å². The van der Waals surface area contributed by atoms with Crippen molar-refractivity contribution in [1.29, 1.82) is 0 Å². The fourth-order valence-corrected chi connectivity index (χ4v) is 5.27. The van der Waals surface area contributed by atoms with Gasteiger partial charge in [-0.2, -0.15) is 0 Å². The van der Waals surface area contributed by atoms with Crippen LogP contribution in [0.25, 0.3) is 11.0 Å². The Bertz CT molecular complexity index is 762. The topological polar surface area (TPSA) is 25.2 Å². The largest absolute Gasteiger partial charge is 0.459 e. The number of halogens is 2. The number of furan rings is 1. The normalized spacial score (nSPS) is 13.0. The predicted molar refractivity (Wildman–Crippen MR) is 91.6 cm³/mol. The van der Waals surface area contributed by atoms with Gasteiger partial charge < -0.3 is 9.73 Å². The molecule has 5 heteroatoms. The second-order valence-electron chi connectivity index (χ2n) is 4.64. The van der Waals surface area contributed by atoms with Crippen molar-refractivity contribution in [3.8, 4) is 0 Å². The summed E-state index contributed by atoms with van der Waals surface area (Å²) in [6.45, 7) is 2.07. The summed E-state index contributed by atoms with van der Waals surface area (Å²) >= 11 is 8.82. The van der Waals surface area contributed by atoms with Gasteiger partial charge in [-0.05, 0) is 63.5 Å². The lowest BCUT2D eigenvalue weighted by atomic mass is 10.1. The lowest BCUT2D eigenvalue weighted by Crippen LogP contribution is -2.16. The Morgan fingerprint density at radius 2 is 2.05 bits per heavy atom. The Balaban J connectivity index is 2.12. The van der Waals surface area contributed by atoms with Gasteiger partial charge in [0.05, 0.1) is 13.6 Å². The van der Waals surface area contributed by atoms with Gasteiger partial charge in [-0.15, -0.1) is 11.3 Å². The molecule has 0 fully saturated rings. The number of rotatable bonds is 3. The molecular weight excluding hydrogens is 402 g/mol. The fraction of sp³-hybridized carbons (Fsp3) is 0.200. The Labute approximate surface area is 138 Å². The Morgan fingerprint density at radius 3 is 2.65 bits per heavy atom. The van der Waals surface area contributed by atoms with Gasteiger partial charge in [-0.1, -0.05) is 18.2 Å². The highest BCUT2D eigenvalue weighted by Gasteiger charge is 2.21. The number of para-hydroxylation sites is 1. The fourth-order valence-electron chi connectivity index (χ4n) is 2.37. The summed E-state index contributed by atoms with van der Waals surface area (Å²) in [5.41, 5.74) is 3.31. The minimum Gasteiger partial charge on any atom is -0.459 e. The molecule has 3 aromatic rings. The van der Waals surface area contributed by atoms with Crippen molar-refractivity contribution in [2.24, 2.45) is 0 Å². The van der Waals surface area contributed by atoms with Crippen molar-refractivity contribution in [3.63, 3.8) is 0 Å². The third-order valence-electron chi connectivity index (χ3n) is 3.33. The molecule has 0 saturated carbocycles. The third kappa shape index (κ3) is 2.48. The van der Waals surface area contributed by atoms with E-state index in [9.17, 15) is 0 Å². The molecule has 0 spiro atoms. The number of hydrogen-bond acceptors (Lipinski definition) is 3. The van der Waals surface area contributed by atoms with Crippen LogP contribution in [0.1, 0.15) is 22.9 Å². The second kappa shape index (κ2) is 5.64. The van der Waals surface area contributed by atoms with E-state index in [4.69, 9.17) is 4.42 Å². The van der Waals surface area contributed by atoms with E-state index in [2.05, 4.69) is 74.4 Å². The molecule has 0 aliphatic carbocycles. The summed E-state index contributed by atoms with van der Waals surface area (Å²) in [5, 5.41) is 4.48. The third-order valence-corrected chi connectivity index (χ3v) is 5.71.